The highest BCUT2D eigenvalue weighted by Gasteiger charge is 2.23. The van der Waals surface area contributed by atoms with Crippen LogP contribution in [0.1, 0.15) is 27.9 Å². The molecule has 0 aliphatic carbocycles. The Hall–Kier alpha value is -3.04. The van der Waals surface area contributed by atoms with E-state index in [0.717, 1.165) is 41.5 Å². The first-order chi connectivity index (χ1) is 17.1. The van der Waals surface area contributed by atoms with E-state index in [4.69, 9.17) is 14.2 Å². The predicted molar refractivity (Wildman–Crippen MR) is 137 cm³/mol. The van der Waals surface area contributed by atoms with Crippen molar-refractivity contribution in [2.75, 3.05) is 56.8 Å². The number of thioether (sulfide) groups is 1. The number of nitrogens with zero attached hydrogens (tertiary/aromatic N) is 2. The Balaban J connectivity index is 1.31. The summed E-state index contributed by atoms with van der Waals surface area (Å²) < 4.78 is 15.9. The zero-order valence-electron chi connectivity index (χ0n) is 19.9. The van der Waals surface area contributed by atoms with E-state index in [2.05, 4.69) is 15.4 Å². The number of carbonyl (C=O) groups is 2. The molecule has 2 aliphatic heterocycles. The second-order valence-electron chi connectivity index (χ2n) is 8.51. The van der Waals surface area contributed by atoms with Crippen molar-refractivity contribution in [1.29, 1.82) is 0 Å². The fourth-order valence-corrected chi connectivity index (χ4v) is 4.82. The largest absolute Gasteiger partial charge is 0.493 e. The lowest BCUT2D eigenvalue weighted by Gasteiger charge is -2.25. The smallest absolute Gasteiger partial charge is 0.306 e. The van der Waals surface area contributed by atoms with Gasteiger partial charge < -0.3 is 19.5 Å². The zero-order valence-corrected chi connectivity index (χ0v) is 20.7. The summed E-state index contributed by atoms with van der Waals surface area (Å²) in [6.45, 7) is 3.03. The number of amides is 1. The molecule has 2 aliphatic rings. The van der Waals surface area contributed by atoms with Gasteiger partial charge in [-0.3, -0.25) is 14.6 Å². The van der Waals surface area contributed by atoms with Gasteiger partial charge in [-0.15, -0.1) is 0 Å². The Labute approximate surface area is 210 Å². The molecule has 8 nitrogen and oxygen atoms in total. The molecule has 1 amide bonds. The second-order valence-corrected chi connectivity index (χ2v) is 9.73. The number of nitrogens with one attached hydrogen (secondary N) is 1. The summed E-state index contributed by atoms with van der Waals surface area (Å²) in [5.41, 5.74) is 3.18. The van der Waals surface area contributed by atoms with Gasteiger partial charge in [-0.25, -0.2) is 0 Å². The van der Waals surface area contributed by atoms with Crippen molar-refractivity contribution in [3.05, 3.63) is 59.2 Å². The summed E-state index contributed by atoms with van der Waals surface area (Å²) in [6.07, 6.45) is 2.80. The number of carbonyl (C=O) groups excluding carboxylic acids is 2. The average molecular weight is 498 g/mol. The molecule has 186 valence electrons. The first-order valence-corrected chi connectivity index (χ1v) is 12.9. The molecular formula is C26H31N3O5S. The third-order valence-corrected chi connectivity index (χ3v) is 6.78. The lowest BCUT2D eigenvalue weighted by Crippen LogP contribution is -2.27. The molecule has 1 atom stereocenters. The van der Waals surface area contributed by atoms with Crippen molar-refractivity contribution >= 4 is 35.5 Å². The SMILES string of the molecule is COCCOC(=O)CC1COc2ccc(NC(=O)c3ccc(C=NN4CCSCC4)cc3)cc2C1. The topological polar surface area (TPSA) is 89.5 Å². The van der Waals surface area contributed by atoms with Crippen molar-refractivity contribution in [2.24, 2.45) is 11.0 Å². The van der Waals surface area contributed by atoms with Crippen LogP contribution in [0.4, 0.5) is 5.69 Å². The van der Waals surface area contributed by atoms with Crippen molar-refractivity contribution in [3.63, 3.8) is 0 Å². The van der Waals surface area contributed by atoms with Crippen LogP contribution in [-0.2, 0) is 20.7 Å². The lowest BCUT2D eigenvalue weighted by molar-refractivity contribution is -0.146. The summed E-state index contributed by atoms with van der Waals surface area (Å²) in [5.74, 6) is 2.58. The fraction of sp³-hybridized carbons (Fsp3) is 0.423. The quantitative estimate of drug-likeness (QED) is 0.322. The zero-order chi connectivity index (χ0) is 24.5. The summed E-state index contributed by atoms with van der Waals surface area (Å²) in [4.78, 5) is 24.8. The number of ether oxygens (including phenoxy) is 3. The van der Waals surface area contributed by atoms with Crippen LogP contribution in [0.15, 0.2) is 47.6 Å². The highest BCUT2D eigenvalue weighted by Crippen LogP contribution is 2.31. The molecular weight excluding hydrogens is 466 g/mol. The molecule has 0 spiro atoms. The van der Waals surface area contributed by atoms with E-state index in [1.54, 1.807) is 19.2 Å². The van der Waals surface area contributed by atoms with Gasteiger partial charge in [-0.1, -0.05) is 12.1 Å². The first kappa shape index (κ1) is 25.1. The number of hydrogen-bond acceptors (Lipinski definition) is 8. The predicted octanol–water partition coefficient (Wildman–Crippen LogP) is 3.45. The van der Waals surface area contributed by atoms with Gasteiger partial charge in [-0.2, -0.15) is 16.9 Å². The monoisotopic (exact) mass is 497 g/mol. The molecule has 9 heteroatoms. The van der Waals surface area contributed by atoms with Crippen LogP contribution < -0.4 is 10.1 Å². The number of hydrazone groups is 1. The van der Waals surface area contributed by atoms with E-state index in [0.29, 0.717) is 30.9 Å². The van der Waals surface area contributed by atoms with E-state index in [1.807, 2.05) is 48.3 Å². The van der Waals surface area contributed by atoms with Gasteiger partial charge in [0.15, 0.2) is 0 Å². The molecule has 2 aromatic carbocycles. The van der Waals surface area contributed by atoms with E-state index in [1.165, 1.54) is 0 Å². The maximum atomic E-state index is 12.8. The minimum absolute atomic E-state index is 0.0291. The molecule has 1 N–H and O–H groups in total. The highest BCUT2D eigenvalue weighted by molar-refractivity contribution is 7.99. The third-order valence-electron chi connectivity index (χ3n) is 5.84. The van der Waals surface area contributed by atoms with Crippen LogP contribution in [0.3, 0.4) is 0 Å². The first-order valence-electron chi connectivity index (χ1n) is 11.8. The van der Waals surface area contributed by atoms with Crippen LogP contribution >= 0.6 is 11.8 Å². The van der Waals surface area contributed by atoms with E-state index in [9.17, 15) is 9.59 Å². The number of fused-ring (bicyclic) bond motifs is 1. The fourth-order valence-electron chi connectivity index (χ4n) is 3.94. The Morgan fingerprint density at radius 2 is 1.97 bits per heavy atom. The third kappa shape index (κ3) is 7.47. The van der Waals surface area contributed by atoms with E-state index < -0.39 is 0 Å². The maximum Gasteiger partial charge on any atom is 0.306 e. The summed E-state index contributed by atoms with van der Waals surface area (Å²) in [6, 6.07) is 13.0. The van der Waals surface area contributed by atoms with Gasteiger partial charge >= 0.3 is 5.97 Å². The Kier molecular flexibility index (Phi) is 9.02. The van der Waals surface area contributed by atoms with Gasteiger partial charge in [0.05, 0.1) is 25.8 Å². The number of benzene rings is 2. The van der Waals surface area contributed by atoms with Crippen LogP contribution in [0.2, 0.25) is 0 Å². The number of anilines is 1. The van der Waals surface area contributed by atoms with Gasteiger partial charge in [-0.05, 0) is 47.9 Å². The molecule has 1 saturated heterocycles. The molecule has 1 fully saturated rings. The number of hydrogen-bond donors (Lipinski definition) is 1. The second kappa shape index (κ2) is 12.6. The minimum Gasteiger partial charge on any atom is -0.493 e. The molecule has 4 rings (SSSR count). The van der Waals surface area contributed by atoms with Crippen LogP contribution in [-0.4, -0.2) is 74.6 Å². The maximum absolute atomic E-state index is 12.8. The summed E-state index contributed by atoms with van der Waals surface area (Å²) in [7, 11) is 1.57. The van der Waals surface area contributed by atoms with E-state index in [-0.39, 0.29) is 30.8 Å². The van der Waals surface area contributed by atoms with Gasteiger partial charge in [0.25, 0.3) is 5.91 Å². The highest BCUT2D eigenvalue weighted by atomic mass is 32.2. The molecule has 35 heavy (non-hydrogen) atoms. The Bertz CT molecular complexity index is 1040. The van der Waals surface area contributed by atoms with Crippen molar-refractivity contribution in [1.82, 2.24) is 5.01 Å². The van der Waals surface area contributed by atoms with Gasteiger partial charge in [0.2, 0.25) is 0 Å². The van der Waals surface area contributed by atoms with Crippen LogP contribution in [0.5, 0.6) is 5.75 Å². The molecule has 0 aromatic heterocycles. The van der Waals surface area contributed by atoms with Crippen LogP contribution in [0, 0.1) is 5.92 Å². The Morgan fingerprint density at radius 1 is 1.17 bits per heavy atom. The van der Waals surface area contributed by atoms with Gasteiger partial charge in [0, 0.05) is 48.9 Å². The number of methoxy groups -OCH3 is 1. The van der Waals surface area contributed by atoms with Crippen molar-refractivity contribution < 1.29 is 23.8 Å². The summed E-state index contributed by atoms with van der Waals surface area (Å²) >= 11 is 1.95. The summed E-state index contributed by atoms with van der Waals surface area (Å²) in [5, 5.41) is 9.56. The molecule has 0 saturated carbocycles. The molecule has 0 bridgehead atoms. The lowest BCUT2D eigenvalue weighted by atomic mass is 9.93. The van der Waals surface area contributed by atoms with Crippen LogP contribution in [0.25, 0.3) is 0 Å². The standard InChI is InChI=1S/C26H31N3O5S/c1-32-10-11-33-25(30)15-20-14-22-16-23(6-7-24(22)34-18-20)28-26(31)21-4-2-19(3-5-21)17-27-29-8-12-35-13-9-29/h2-7,16-17,20H,8-15,18H2,1H3,(H,28,31). The molecule has 2 aromatic rings. The molecule has 1 unspecified atom stereocenters. The number of esters is 1. The molecule has 2 heterocycles. The van der Waals surface area contributed by atoms with Gasteiger partial charge in [0.1, 0.15) is 12.4 Å². The molecule has 0 radical (unpaired) electrons. The normalized spacial score (nSPS) is 17.5. The van der Waals surface area contributed by atoms with Crippen molar-refractivity contribution in [3.8, 4) is 5.75 Å². The minimum atomic E-state index is -0.257. The van der Waals surface area contributed by atoms with Crippen molar-refractivity contribution in [2.45, 2.75) is 12.8 Å². The van der Waals surface area contributed by atoms with E-state index >= 15 is 0 Å². The Morgan fingerprint density at radius 3 is 2.74 bits per heavy atom. The average Bonchev–Trinajstić information content (AvgIpc) is 2.88. The number of rotatable bonds is 9.